The second-order valence-electron chi connectivity index (χ2n) is 3.63. The summed E-state index contributed by atoms with van der Waals surface area (Å²) in [5.41, 5.74) is 1.55. The van der Waals surface area contributed by atoms with E-state index in [-0.39, 0.29) is 5.91 Å². The first kappa shape index (κ1) is 11.2. The van der Waals surface area contributed by atoms with E-state index in [2.05, 4.69) is 16.7 Å². The van der Waals surface area contributed by atoms with Gasteiger partial charge in [0.15, 0.2) is 0 Å². The molecule has 0 fully saturated rings. The fourth-order valence-corrected chi connectivity index (χ4v) is 1.67. The highest BCUT2D eigenvalue weighted by Crippen LogP contribution is 2.19. The molecule has 1 amide bonds. The average molecular weight is 196 g/mol. The Hall–Kier alpha value is -0.830. The van der Waals surface area contributed by atoms with Crippen molar-refractivity contribution >= 4 is 5.91 Å². The van der Waals surface area contributed by atoms with Crippen LogP contribution in [0, 0.1) is 0 Å². The Morgan fingerprint density at radius 2 is 2.43 bits per heavy atom. The van der Waals surface area contributed by atoms with Crippen LogP contribution in [-0.4, -0.2) is 25.5 Å². The molecule has 0 radical (unpaired) electrons. The van der Waals surface area contributed by atoms with E-state index in [0.717, 1.165) is 13.0 Å². The molecule has 0 aliphatic heterocycles. The monoisotopic (exact) mass is 196 g/mol. The predicted molar refractivity (Wildman–Crippen MR) is 58.1 cm³/mol. The molecule has 3 nitrogen and oxygen atoms in total. The minimum Gasteiger partial charge on any atom is -0.355 e. The number of hydrogen-bond acceptors (Lipinski definition) is 2. The molecule has 0 heterocycles. The summed E-state index contributed by atoms with van der Waals surface area (Å²) in [6.07, 6.45) is 7.23. The standard InChI is InChI=1S/C11H20N2O/c1-2-13-11(14)9-12-8-7-10-5-3-4-6-10/h5,12H,2-4,6-9H2,1H3,(H,13,14). The first-order valence-corrected chi connectivity index (χ1v) is 5.48. The van der Waals surface area contributed by atoms with Crippen molar-refractivity contribution in [2.24, 2.45) is 0 Å². The molecule has 14 heavy (non-hydrogen) atoms. The Morgan fingerprint density at radius 3 is 3.07 bits per heavy atom. The van der Waals surface area contributed by atoms with Crippen LogP contribution in [-0.2, 0) is 4.79 Å². The quantitative estimate of drug-likeness (QED) is 0.495. The molecule has 3 heteroatoms. The number of rotatable bonds is 6. The average Bonchev–Trinajstić information content (AvgIpc) is 2.65. The van der Waals surface area contributed by atoms with Gasteiger partial charge >= 0.3 is 0 Å². The van der Waals surface area contributed by atoms with Gasteiger partial charge in [0.2, 0.25) is 5.91 Å². The van der Waals surface area contributed by atoms with Crippen molar-refractivity contribution in [1.29, 1.82) is 0 Å². The molecular weight excluding hydrogens is 176 g/mol. The van der Waals surface area contributed by atoms with Crippen molar-refractivity contribution < 1.29 is 4.79 Å². The minimum atomic E-state index is 0.0906. The van der Waals surface area contributed by atoms with Gasteiger partial charge in [-0.1, -0.05) is 11.6 Å². The van der Waals surface area contributed by atoms with Crippen LogP contribution < -0.4 is 10.6 Å². The summed E-state index contributed by atoms with van der Waals surface area (Å²) in [5, 5.41) is 5.90. The Balaban J connectivity index is 1.96. The van der Waals surface area contributed by atoms with Gasteiger partial charge in [0.05, 0.1) is 6.54 Å². The lowest BCUT2D eigenvalue weighted by molar-refractivity contribution is -0.120. The molecule has 1 aliphatic carbocycles. The van der Waals surface area contributed by atoms with Gasteiger partial charge in [0.25, 0.3) is 0 Å². The van der Waals surface area contributed by atoms with Crippen molar-refractivity contribution in [1.82, 2.24) is 10.6 Å². The van der Waals surface area contributed by atoms with Crippen LogP contribution in [0.1, 0.15) is 32.6 Å². The van der Waals surface area contributed by atoms with Gasteiger partial charge in [0, 0.05) is 6.54 Å². The highest BCUT2D eigenvalue weighted by Gasteiger charge is 2.04. The molecule has 0 unspecified atom stereocenters. The van der Waals surface area contributed by atoms with Gasteiger partial charge in [-0.25, -0.2) is 0 Å². The van der Waals surface area contributed by atoms with E-state index in [4.69, 9.17) is 0 Å². The zero-order valence-corrected chi connectivity index (χ0v) is 8.94. The third-order valence-electron chi connectivity index (χ3n) is 2.42. The lowest BCUT2D eigenvalue weighted by Crippen LogP contribution is -2.34. The maximum absolute atomic E-state index is 11.1. The topological polar surface area (TPSA) is 41.1 Å². The van der Waals surface area contributed by atoms with Crippen LogP contribution >= 0.6 is 0 Å². The van der Waals surface area contributed by atoms with Crippen LogP contribution in [0.15, 0.2) is 11.6 Å². The molecule has 1 aliphatic rings. The van der Waals surface area contributed by atoms with Crippen LogP contribution in [0.3, 0.4) is 0 Å². The van der Waals surface area contributed by atoms with Crippen LogP contribution in [0.5, 0.6) is 0 Å². The van der Waals surface area contributed by atoms with Crippen LogP contribution in [0.4, 0.5) is 0 Å². The maximum Gasteiger partial charge on any atom is 0.233 e. The molecule has 0 saturated carbocycles. The molecule has 0 aromatic heterocycles. The number of carbonyl (C=O) groups excluding carboxylic acids is 1. The van der Waals surface area contributed by atoms with Crippen molar-refractivity contribution in [2.45, 2.75) is 32.6 Å². The van der Waals surface area contributed by atoms with E-state index in [1.165, 1.54) is 19.3 Å². The number of nitrogens with one attached hydrogen (secondary N) is 2. The van der Waals surface area contributed by atoms with Crippen LogP contribution in [0.25, 0.3) is 0 Å². The Morgan fingerprint density at radius 1 is 1.57 bits per heavy atom. The summed E-state index contributed by atoms with van der Waals surface area (Å²) in [6.45, 7) is 4.01. The minimum absolute atomic E-state index is 0.0906. The number of likely N-dealkylation sites (N-methyl/N-ethyl adjacent to an activating group) is 1. The summed E-state index contributed by atoms with van der Waals surface area (Å²) in [7, 11) is 0. The van der Waals surface area contributed by atoms with E-state index < -0.39 is 0 Å². The SMILES string of the molecule is CCNC(=O)CNCCC1=CCCC1. The number of allylic oxidation sites excluding steroid dienone is 1. The molecule has 1 rings (SSSR count). The lowest BCUT2D eigenvalue weighted by atomic mass is 10.2. The molecular formula is C11H20N2O. The second kappa shape index (κ2) is 6.60. The summed E-state index contributed by atoms with van der Waals surface area (Å²) >= 11 is 0. The van der Waals surface area contributed by atoms with Crippen molar-refractivity contribution in [2.75, 3.05) is 19.6 Å². The molecule has 0 saturated heterocycles. The summed E-state index contributed by atoms with van der Waals surface area (Å²) < 4.78 is 0. The highest BCUT2D eigenvalue weighted by atomic mass is 16.1. The van der Waals surface area contributed by atoms with Gasteiger partial charge < -0.3 is 10.6 Å². The van der Waals surface area contributed by atoms with E-state index >= 15 is 0 Å². The normalized spacial score (nSPS) is 15.4. The van der Waals surface area contributed by atoms with E-state index in [0.29, 0.717) is 13.1 Å². The second-order valence-corrected chi connectivity index (χ2v) is 3.63. The molecule has 80 valence electrons. The fourth-order valence-electron chi connectivity index (χ4n) is 1.67. The molecule has 0 atom stereocenters. The molecule has 2 N–H and O–H groups in total. The lowest BCUT2D eigenvalue weighted by Gasteiger charge is -2.05. The number of amides is 1. The summed E-state index contributed by atoms with van der Waals surface area (Å²) in [6, 6.07) is 0. The van der Waals surface area contributed by atoms with Crippen molar-refractivity contribution in [3.05, 3.63) is 11.6 Å². The third-order valence-corrected chi connectivity index (χ3v) is 2.42. The van der Waals surface area contributed by atoms with Gasteiger partial charge in [0.1, 0.15) is 0 Å². The van der Waals surface area contributed by atoms with Gasteiger partial charge in [-0.2, -0.15) is 0 Å². The van der Waals surface area contributed by atoms with E-state index in [9.17, 15) is 4.79 Å². The number of hydrogen-bond donors (Lipinski definition) is 2. The van der Waals surface area contributed by atoms with Gasteiger partial charge in [-0.3, -0.25) is 4.79 Å². The summed E-state index contributed by atoms with van der Waals surface area (Å²) in [4.78, 5) is 11.1. The molecule has 0 bridgehead atoms. The molecule has 0 aromatic rings. The zero-order valence-electron chi connectivity index (χ0n) is 8.94. The molecule has 0 spiro atoms. The smallest absolute Gasteiger partial charge is 0.233 e. The van der Waals surface area contributed by atoms with E-state index in [1.54, 1.807) is 5.57 Å². The molecule has 0 aromatic carbocycles. The Labute approximate surface area is 86.0 Å². The highest BCUT2D eigenvalue weighted by molar-refractivity contribution is 5.77. The predicted octanol–water partition coefficient (Wildman–Crippen LogP) is 1.21. The number of carbonyl (C=O) groups is 1. The van der Waals surface area contributed by atoms with Gasteiger partial charge in [-0.15, -0.1) is 0 Å². The zero-order chi connectivity index (χ0) is 10.2. The first-order valence-electron chi connectivity index (χ1n) is 5.48. The largest absolute Gasteiger partial charge is 0.355 e. The summed E-state index contributed by atoms with van der Waals surface area (Å²) in [5.74, 6) is 0.0906. The van der Waals surface area contributed by atoms with Crippen LogP contribution in [0.2, 0.25) is 0 Å². The van der Waals surface area contributed by atoms with Crippen molar-refractivity contribution in [3.8, 4) is 0 Å². The van der Waals surface area contributed by atoms with E-state index in [1.807, 2.05) is 6.92 Å². The first-order chi connectivity index (χ1) is 6.83. The van der Waals surface area contributed by atoms with Gasteiger partial charge in [-0.05, 0) is 39.2 Å². The van der Waals surface area contributed by atoms with Crippen molar-refractivity contribution in [3.63, 3.8) is 0 Å². The Bertz CT molecular complexity index is 211. The fraction of sp³-hybridized carbons (Fsp3) is 0.727. The third kappa shape index (κ3) is 4.42. The maximum atomic E-state index is 11.1. The Kier molecular flexibility index (Phi) is 5.30.